The quantitative estimate of drug-likeness (QED) is 0.784. The number of rotatable bonds is 6. The molecule has 1 saturated carbocycles. The Balaban J connectivity index is 2.13. The highest BCUT2D eigenvalue weighted by atomic mass is 14.9. The van der Waals surface area contributed by atoms with Gasteiger partial charge in [0.1, 0.15) is 5.82 Å². The zero-order chi connectivity index (χ0) is 13.1. The monoisotopic (exact) mass is 247 g/mol. The maximum absolute atomic E-state index is 4.81. The first-order valence-corrected chi connectivity index (χ1v) is 7.19. The molecule has 2 rings (SSSR count). The van der Waals surface area contributed by atoms with Gasteiger partial charge in [-0.25, -0.2) is 9.97 Å². The number of nitrogens with zero attached hydrogens (tertiary/aromatic N) is 2. The summed E-state index contributed by atoms with van der Waals surface area (Å²) in [7, 11) is 0. The Morgan fingerprint density at radius 3 is 2.72 bits per heavy atom. The van der Waals surface area contributed by atoms with Crippen molar-refractivity contribution in [2.45, 2.75) is 58.9 Å². The van der Waals surface area contributed by atoms with Gasteiger partial charge in [0.15, 0.2) is 0 Å². The fraction of sp³-hybridized carbons (Fsp3) is 0.733. The van der Waals surface area contributed by atoms with Gasteiger partial charge in [-0.2, -0.15) is 0 Å². The minimum Gasteiger partial charge on any atom is -0.313 e. The van der Waals surface area contributed by atoms with Crippen molar-refractivity contribution in [3.05, 3.63) is 23.3 Å². The Morgan fingerprint density at radius 1 is 1.44 bits per heavy atom. The number of hydrogen-bond acceptors (Lipinski definition) is 3. The summed E-state index contributed by atoms with van der Waals surface area (Å²) >= 11 is 0. The Bertz CT molecular complexity index is 401. The van der Waals surface area contributed by atoms with Gasteiger partial charge in [0.25, 0.3) is 0 Å². The average molecular weight is 247 g/mol. The molecule has 0 bridgehead atoms. The summed E-state index contributed by atoms with van der Waals surface area (Å²) in [6, 6.07) is 0. The molecule has 100 valence electrons. The summed E-state index contributed by atoms with van der Waals surface area (Å²) in [5.41, 5.74) is 2.48. The lowest BCUT2D eigenvalue weighted by Crippen LogP contribution is -2.17. The molecule has 0 aromatic carbocycles. The van der Waals surface area contributed by atoms with Gasteiger partial charge in [-0.3, -0.25) is 0 Å². The van der Waals surface area contributed by atoms with Crippen molar-refractivity contribution in [1.82, 2.24) is 15.3 Å². The van der Waals surface area contributed by atoms with E-state index in [9.17, 15) is 0 Å². The van der Waals surface area contributed by atoms with E-state index in [4.69, 9.17) is 4.98 Å². The average Bonchev–Trinajstić information content (AvgIpc) is 3.07. The van der Waals surface area contributed by atoms with E-state index < -0.39 is 0 Å². The van der Waals surface area contributed by atoms with Crippen LogP contribution in [0.15, 0.2) is 6.20 Å². The highest BCUT2D eigenvalue weighted by molar-refractivity contribution is 5.23. The minimum absolute atomic E-state index is 0.472. The topological polar surface area (TPSA) is 37.8 Å². The summed E-state index contributed by atoms with van der Waals surface area (Å²) < 4.78 is 0. The van der Waals surface area contributed by atoms with Crippen LogP contribution in [0.1, 0.15) is 69.5 Å². The van der Waals surface area contributed by atoms with Crippen LogP contribution in [0.4, 0.5) is 0 Å². The molecule has 0 saturated heterocycles. The minimum atomic E-state index is 0.472. The molecule has 3 heteroatoms. The van der Waals surface area contributed by atoms with E-state index in [0.717, 1.165) is 31.3 Å². The van der Waals surface area contributed by atoms with E-state index in [-0.39, 0.29) is 0 Å². The highest BCUT2D eigenvalue weighted by Gasteiger charge is 2.36. The van der Waals surface area contributed by atoms with Gasteiger partial charge in [-0.15, -0.1) is 0 Å². The van der Waals surface area contributed by atoms with Crippen LogP contribution < -0.4 is 5.32 Å². The third-order valence-electron chi connectivity index (χ3n) is 3.65. The molecule has 1 aromatic heterocycles. The zero-order valence-electron chi connectivity index (χ0n) is 12.0. The van der Waals surface area contributed by atoms with Gasteiger partial charge in [0, 0.05) is 24.2 Å². The van der Waals surface area contributed by atoms with E-state index in [0.29, 0.717) is 11.8 Å². The molecular weight excluding hydrogens is 222 g/mol. The third kappa shape index (κ3) is 3.08. The van der Waals surface area contributed by atoms with Gasteiger partial charge >= 0.3 is 0 Å². The molecule has 1 heterocycles. The summed E-state index contributed by atoms with van der Waals surface area (Å²) in [6.45, 7) is 10.8. The Kier molecular flexibility index (Phi) is 4.33. The van der Waals surface area contributed by atoms with Crippen LogP contribution in [0, 0.1) is 5.92 Å². The SMILES string of the molecule is CCCNCc1cnc(C2CC2C)nc1C(C)C. The molecule has 1 aliphatic carbocycles. The molecule has 0 amide bonds. The molecule has 1 N–H and O–H groups in total. The Labute approximate surface area is 110 Å². The molecule has 0 aliphatic heterocycles. The van der Waals surface area contributed by atoms with E-state index in [2.05, 4.69) is 38.0 Å². The number of aromatic nitrogens is 2. The molecular formula is C15H25N3. The summed E-state index contributed by atoms with van der Waals surface area (Å²) in [6.07, 6.45) is 4.45. The summed E-state index contributed by atoms with van der Waals surface area (Å²) in [4.78, 5) is 9.37. The van der Waals surface area contributed by atoms with Gasteiger partial charge in [-0.1, -0.05) is 27.7 Å². The van der Waals surface area contributed by atoms with Gasteiger partial charge in [0.05, 0.1) is 5.69 Å². The van der Waals surface area contributed by atoms with Crippen LogP contribution in [0.25, 0.3) is 0 Å². The smallest absolute Gasteiger partial charge is 0.131 e. The number of nitrogens with one attached hydrogen (secondary N) is 1. The van der Waals surface area contributed by atoms with E-state index in [1.165, 1.54) is 17.7 Å². The summed E-state index contributed by atoms with van der Waals surface area (Å²) in [5, 5.41) is 3.44. The first-order chi connectivity index (χ1) is 8.63. The maximum atomic E-state index is 4.81. The van der Waals surface area contributed by atoms with Gasteiger partial charge in [-0.05, 0) is 31.2 Å². The standard InChI is InChI=1S/C15H25N3/c1-5-6-16-8-12-9-17-15(13-7-11(13)4)18-14(12)10(2)3/h9-11,13,16H,5-8H2,1-4H3. The van der Waals surface area contributed by atoms with Crippen molar-refractivity contribution in [1.29, 1.82) is 0 Å². The molecule has 1 fully saturated rings. The number of hydrogen-bond donors (Lipinski definition) is 1. The predicted molar refractivity (Wildman–Crippen MR) is 74.6 cm³/mol. The summed E-state index contributed by atoms with van der Waals surface area (Å²) in [5.74, 6) is 2.92. The van der Waals surface area contributed by atoms with Crippen LogP contribution >= 0.6 is 0 Å². The van der Waals surface area contributed by atoms with Gasteiger partial charge in [0.2, 0.25) is 0 Å². The van der Waals surface area contributed by atoms with Crippen molar-refractivity contribution in [2.75, 3.05) is 6.54 Å². The second kappa shape index (κ2) is 5.79. The zero-order valence-corrected chi connectivity index (χ0v) is 12.0. The Morgan fingerprint density at radius 2 is 2.17 bits per heavy atom. The van der Waals surface area contributed by atoms with Crippen molar-refractivity contribution >= 4 is 0 Å². The third-order valence-corrected chi connectivity index (χ3v) is 3.65. The fourth-order valence-electron chi connectivity index (χ4n) is 2.33. The molecule has 18 heavy (non-hydrogen) atoms. The highest BCUT2D eigenvalue weighted by Crippen LogP contribution is 2.45. The van der Waals surface area contributed by atoms with Crippen LogP contribution in [0.3, 0.4) is 0 Å². The molecule has 0 radical (unpaired) electrons. The van der Waals surface area contributed by atoms with E-state index in [1.54, 1.807) is 0 Å². The maximum Gasteiger partial charge on any atom is 0.131 e. The van der Waals surface area contributed by atoms with E-state index in [1.807, 2.05) is 6.20 Å². The molecule has 1 aromatic rings. The lowest BCUT2D eigenvalue weighted by atomic mass is 10.0. The predicted octanol–water partition coefficient (Wildman–Crippen LogP) is 3.22. The molecule has 2 atom stereocenters. The van der Waals surface area contributed by atoms with Crippen molar-refractivity contribution < 1.29 is 0 Å². The second-order valence-electron chi connectivity index (χ2n) is 5.79. The fourth-order valence-corrected chi connectivity index (χ4v) is 2.33. The lowest BCUT2D eigenvalue weighted by molar-refractivity contribution is 0.651. The lowest BCUT2D eigenvalue weighted by Gasteiger charge is -2.13. The van der Waals surface area contributed by atoms with Gasteiger partial charge < -0.3 is 5.32 Å². The van der Waals surface area contributed by atoms with Crippen molar-refractivity contribution in [2.24, 2.45) is 5.92 Å². The first kappa shape index (κ1) is 13.5. The molecule has 0 spiro atoms. The molecule has 2 unspecified atom stereocenters. The van der Waals surface area contributed by atoms with Crippen LogP contribution in [-0.2, 0) is 6.54 Å². The van der Waals surface area contributed by atoms with Crippen LogP contribution in [0.5, 0.6) is 0 Å². The first-order valence-electron chi connectivity index (χ1n) is 7.19. The Hall–Kier alpha value is -0.960. The van der Waals surface area contributed by atoms with Crippen molar-refractivity contribution in [3.63, 3.8) is 0 Å². The second-order valence-corrected chi connectivity index (χ2v) is 5.79. The largest absolute Gasteiger partial charge is 0.313 e. The molecule has 1 aliphatic rings. The normalized spacial score (nSPS) is 22.5. The van der Waals surface area contributed by atoms with Crippen LogP contribution in [-0.4, -0.2) is 16.5 Å². The molecule has 3 nitrogen and oxygen atoms in total. The van der Waals surface area contributed by atoms with E-state index >= 15 is 0 Å². The van der Waals surface area contributed by atoms with Crippen LogP contribution in [0.2, 0.25) is 0 Å². The van der Waals surface area contributed by atoms with Crippen molar-refractivity contribution in [3.8, 4) is 0 Å².